The highest BCUT2D eigenvalue weighted by Crippen LogP contribution is 2.55. The first-order valence-corrected chi connectivity index (χ1v) is 7.73. The third kappa shape index (κ3) is 1.86. The maximum atomic E-state index is 9.91. The van der Waals surface area contributed by atoms with Gasteiger partial charge in [-0.1, -0.05) is 18.9 Å². The molecule has 1 aliphatic heterocycles. The molecule has 4 rings (SSSR count). The van der Waals surface area contributed by atoms with Gasteiger partial charge in [-0.25, -0.2) is 0 Å². The molecule has 3 atom stereocenters. The van der Waals surface area contributed by atoms with Crippen LogP contribution in [0.25, 0.3) is 0 Å². The predicted molar refractivity (Wildman–Crippen MR) is 86.8 cm³/mol. The Kier molecular flexibility index (Phi) is 3.62. The molecule has 0 aromatic heterocycles. The van der Waals surface area contributed by atoms with E-state index in [1.807, 2.05) is 6.07 Å². The maximum absolute atomic E-state index is 9.91. The summed E-state index contributed by atoms with van der Waals surface area (Å²) in [6.45, 7) is 1.22. The van der Waals surface area contributed by atoms with Crippen molar-refractivity contribution < 1.29 is 5.11 Å². The van der Waals surface area contributed by atoms with Crippen molar-refractivity contribution in [3.8, 4) is 5.75 Å². The Bertz CT molecular complexity index is 518. The Hall–Kier alpha value is -0.540. The van der Waals surface area contributed by atoms with Gasteiger partial charge in [0.25, 0.3) is 0 Å². The number of halogens is 1. The highest BCUT2D eigenvalue weighted by atomic mass is 79.9. The molecule has 1 heterocycles. The average Bonchev–Trinajstić information content (AvgIpc) is 2.43. The van der Waals surface area contributed by atoms with Crippen LogP contribution in [0.4, 0.5) is 0 Å². The van der Waals surface area contributed by atoms with Crippen LogP contribution in [0.1, 0.15) is 43.2 Å². The summed E-state index contributed by atoms with van der Waals surface area (Å²) in [5.74, 6) is 1.27. The topological polar surface area (TPSA) is 23.5 Å². The number of nitrogens with zero attached hydrogens (tertiary/aromatic N) is 1. The van der Waals surface area contributed by atoms with Gasteiger partial charge in [0.05, 0.1) is 0 Å². The molecule has 2 nitrogen and oxygen atoms in total. The van der Waals surface area contributed by atoms with E-state index in [2.05, 4.69) is 24.1 Å². The van der Waals surface area contributed by atoms with Crippen molar-refractivity contribution in [3.63, 3.8) is 0 Å². The molecular formula is C17H24BrNO. The average molecular weight is 338 g/mol. The van der Waals surface area contributed by atoms with Crippen molar-refractivity contribution in [2.45, 2.75) is 50.0 Å². The molecule has 0 radical (unpaired) electrons. The minimum Gasteiger partial charge on any atom is -0.508 e. The molecule has 1 saturated heterocycles. The van der Waals surface area contributed by atoms with Crippen LogP contribution in [0, 0.1) is 5.92 Å². The van der Waals surface area contributed by atoms with Crippen LogP contribution in [-0.2, 0) is 11.8 Å². The Morgan fingerprint density at radius 2 is 2.10 bits per heavy atom. The normalized spacial score (nSPS) is 35.6. The number of likely N-dealkylation sites (N-methyl/N-ethyl adjacent to an activating group) is 1. The van der Waals surface area contributed by atoms with E-state index >= 15 is 0 Å². The molecule has 0 unspecified atom stereocenters. The predicted octanol–water partition coefficient (Wildman–Crippen LogP) is 3.66. The lowest BCUT2D eigenvalue weighted by Crippen LogP contribution is -2.59. The zero-order valence-electron chi connectivity index (χ0n) is 12.1. The van der Waals surface area contributed by atoms with Crippen molar-refractivity contribution in [2.24, 2.45) is 5.92 Å². The molecule has 2 aliphatic carbocycles. The maximum Gasteiger partial charge on any atom is 0.115 e. The molecule has 2 bridgehead atoms. The molecule has 3 heteroatoms. The quantitative estimate of drug-likeness (QED) is 0.780. The third-order valence-electron chi connectivity index (χ3n) is 6.10. The van der Waals surface area contributed by atoms with Crippen molar-refractivity contribution in [3.05, 3.63) is 29.3 Å². The van der Waals surface area contributed by atoms with E-state index < -0.39 is 0 Å². The van der Waals surface area contributed by atoms with E-state index in [0.717, 1.165) is 12.0 Å². The van der Waals surface area contributed by atoms with Crippen molar-refractivity contribution in [1.29, 1.82) is 0 Å². The van der Waals surface area contributed by atoms with Gasteiger partial charge in [0.15, 0.2) is 0 Å². The number of benzene rings is 1. The first-order valence-electron chi connectivity index (χ1n) is 7.73. The van der Waals surface area contributed by atoms with E-state index in [4.69, 9.17) is 0 Å². The smallest absolute Gasteiger partial charge is 0.115 e. The fourth-order valence-corrected chi connectivity index (χ4v) is 5.18. The lowest BCUT2D eigenvalue weighted by atomic mass is 9.52. The molecule has 2 fully saturated rings. The van der Waals surface area contributed by atoms with Gasteiger partial charge in [-0.3, -0.25) is 0 Å². The van der Waals surface area contributed by atoms with Crippen molar-refractivity contribution in [1.82, 2.24) is 4.90 Å². The summed E-state index contributed by atoms with van der Waals surface area (Å²) >= 11 is 0. The summed E-state index contributed by atoms with van der Waals surface area (Å²) in [6, 6.07) is 6.85. The Balaban J connectivity index is 0.00000121. The largest absolute Gasteiger partial charge is 0.508 e. The van der Waals surface area contributed by atoms with Crippen LogP contribution < -0.4 is 0 Å². The summed E-state index contributed by atoms with van der Waals surface area (Å²) in [6.07, 6.45) is 7.93. The number of likely N-dealkylation sites (tertiary alicyclic amines) is 1. The lowest BCUT2D eigenvalue weighted by Gasteiger charge is -2.58. The summed E-state index contributed by atoms with van der Waals surface area (Å²) in [4.78, 5) is 2.59. The van der Waals surface area contributed by atoms with Gasteiger partial charge in [0.2, 0.25) is 0 Å². The fourth-order valence-electron chi connectivity index (χ4n) is 5.18. The van der Waals surface area contributed by atoms with Crippen LogP contribution in [0.3, 0.4) is 0 Å². The first-order chi connectivity index (χ1) is 9.21. The van der Waals surface area contributed by atoms with E-state index in [1.54, 1.807) is 0 Å². The van der Waals surface area contributed by atoms with E-state index in [9.17, 15) is 5.11 Å². The number of phenolic OH excluding ortho intramolecular Hbond substituents is 1. The zero-order chi connectivity index (χ0) is 13.0. The molecule has 1 aromatic rings. The second kappa shape index (κ2) is 5.03. The molecule has 0 spiro atoms. The van der Waals surface area contributed by atoms with E-state index in [-0.39, 0.29) is 17.0 Å². The number of hydrogen-bond donors (Lipinski definition) is 1. The minimum atomic E-state index is 0. The summed E-state index contributed by atoms with van der Waals surface area (Å²) in [5.41, 5.74) is 3.36. The number of rotatable bonds is 0. The van der Waals surface area contributed by atoms with Crippen LogP contribution in [0.5, 0.6) is 5.75 Å². The van der Waals surface area contributed by atoms with Crippen LogP contribution >= 0.6 is 17.0 Å². The molecule has 20 heavy (non-hydrogen) atoms. The monoisotopic (exact) mass is 337 g/mol. The number of hydrogen-bond acceptors (Lipinski definition) is 2. The Morgan fingerprint density at radius 3 is 2.95 bits per heavy atom. The van der Waals surface area contributed by atoms with Gasteiger partial charge in [0, 0.05) is 11.5 Å². The van der Waals surface area contributed by atoms with Gasteiger partial charge in [-0.05, 0) is 68.5 Å². The SMILES string of the molecule is Br.CN1CC[C@@]23CCCC[C@@H]2[C@@H]1Cc1ccc(O)cc13. The van der Waals surface area contributed by atoms with Crippen LogP contribution in [0.2, 0.25) is 0 Å². The molecule has 3 aliphatic rings. The van der Waals surface area contributed by atoms with Gasteiger partial charge < -0.3 is 10.0 Å². The lowest BCUT2D eigenvalue weighted by molar-refractivity contribution is 0.00274. The van der Waals surface area contributed by atoms with Crippen LogP contribution in [0.15, 0.2) is 18.2 Å². The Morgan fingerprint density at radius 1 is 1.25 bits per heavy atom. The number of piperidine rings is 1. The second-order valence-electron chi connectivity index (χ2n) is 6.85. The number of fused-ring (bicyclic) bond motifs is 1. The van der Waals surface area contributed by atoms with Gasteiger partial charge in [-0.2, -0.15) is 0 Å². The zero-order valence-corrected chi connectivity index (χ0v) is 13.9. The molecule has 1 saturated carbocycles. The fraction of sp³-hybridized carbons (Fsp3) is 0.647. The summed E-state index contributed by atoms with van der Waals surface area (Å²) < 4.78 is 0. The highest BCUT2D eigenvalue weighted by molar-refractivity contribution is 8.93. The highest BCUT2D eigenvalue weighted by Gasteiger charge is 2.52. The third-order valence-corrected chi connectivity index (χ3v) is 6.10. The van der Waals surface area contributed by atoms with Crippen LogP contribution in [-0.4, -0.2) is 29.6 Å². The van der Waals surface area contributed by atoms with Gasteiger partial charge in [-0.15, -0.1) is 17.0 Å². The Labute approximate surface area is 131 Å². The second-order valence-corrected chi connectivity index (χ2v) is 6.85. The summed E-state index contributed by atoms with van der Waals surface area (Å²) in [7, 11) is 2.30. The molecule has 0 amide bonds. The van der Waals surface area contributed by atoms with Gasteiger partial charge >= 0.3 is 0 Å². The number of aromatic hydroxyl groups is 1. The van der Waals surface area contributed by atoms with Crippen molar-refractivity contribution >= 4 is 17.0 Å². The summed E-state index contributed by atoms with van der Waals surface area (Å²) in [5, 5.41) is 9.91. The molecule has 110 valence electrons. The number of phenols is 1. The van der Waals surface area contributed by atoms with E-state index in [0.29, 0.717) is 11.2 Å². The standard InChI is InChI=1S/C17H23NO.BrH/c1-18-9-8-17-7-3-2-4-14(17)16(18)10-12-5-6-13(19)11-15(12)17;/h5-6,11,14,16,19H,2-4,7-10H2,1H3;1H/t14-,16+,17+;/m1./s1. The molecule has 1 aromatic carbocycles. The molecule has 1 N–H and O–H groups in total. The van der Waals surface area contributed by atoms with E-state index in [1.165, 1.54) is 56.2 Å². The first kappa shape index (κ1) is 14.4. The van der Waals surface area contributed by atoms with Crippen molar-refractivity contribution in [2.75, 3.05) is 13.6 Å². The minimum absolute atomic E-state index is 0. The molecular weight excluding hydrogens is 314 g/mol. The van der Waals surface area contributed by atoms with Gasteiger partial charge in [0.1, 0.15) is 5.75 Å².